The highest BCUT2D eigenvalue weighted by atomic mass is 79.9. The molecule has 0 fully saturated rings. The van der Waals surface area contributed by atoms with E-state index in [1.807, 2.05) is 18.5 Å². The Kier molecular flexibility index (Phi) is 1.82. The fourth-order valence-electron chi connectivity index (χ4n) is 1.36. The van der Waals surface area contributed by atoms with Gasteiger partial charge in [0.2, 0.25) is 0 Å². The molecule has 2 nitrogen and oxygen atoms in total. The van der Waals surface area contributed by atoms with Gasteiger partial charge in [-0.1, -0.05) is 15.9 Å². The van der Waals surface area contributed by atoms with Crippen molar-refractivity contribution in [3.05, 3.63) is 24.0 Å². The van der Waals surface area contributed by atoms with Crippen LogP contribution in [-0.2, 0) is 6.42 Å². The fraction of sp³-hybridized carbons (Fsp3) is 0.375. The average Bonchev–Trinajstić information content (AvgIpc) is 2.46. The van der Waals surface area contributed by atoms with Crippen molar-refractivity contribution >= 4 is 21.6 Å². The van der Waals surface area contributed by atoms with Crippen molar-refractivity contribution in [2.75, 3.05) is 10.6 Å². The van der Waals surface area contributed by atoms with Gasteiger partial charge < -0.3 is 5.32 Å². The summed E-state index contributed by atoms with van der Waals surface area (Å²) in [6.07, 6.45) is 4.85. The molecule has 0 radical (unpaired) electrons. The Balaban J connectivity index is 2.27. The minimum atomic E-state index is 0.550. The van der Waals surface area contributed by atoms with Crippen molar-refractivity contribution in [1.29, 1.82) is 0 Å². The average molecular weight is 213 g/mol. The molecule has 58 valence electrons. The first kappa shape index (κ1) is 7.10. The maximum Gasteiger partial charge on any atom is 0.0406 e. The van der Waals surface area contributed by atoms with Crippen molar-refractivity contribution < 1.29 is 0 Å². The summed E-state index contributed by atoms with van der Waals surface area (Å²) >= 11 is 3.45. The monoisotopic (exact) mass is 212 g/mol. The SMILES string of the molecule is BrCC1Cc2cnccc2N1. The van der Waals surface area contributed by atoms with Crippen LogP contribution in [-0.4, -0.2) is 16.4 Å². The normalized spacial score (nSPS) is 21.0. The molecule has 11 heavy (non-hydrogen) atoms. The van der Waals surface area contributed by atoms with Crippen LogP contribution in [0.25, 0.3) is 0 Å². The van der Waals surface area contributed by atoms with E-state index >= 15 is 0 Å². The number of hydrogen-bond donors (Lipinski definition) is 1. The van der Waals surface area contributed by atoms with Crippen molar-refractivity contribution in [3.8, 4) is 0 Å². The number of pyridine rings is 1. The van der Waals surface area contributed by atoms with Gasteiger partial charge in [-0.05, 0) is 18.1 Å². The van der Waals surface area contributed by atoms with Crippen LogP contribution in [0, 0.1) is 0 Å². The van der Waals surface area contributed by atoms with Gasteiger partial charge in [-0.2, -0.15) is 0 Å². The number of halogens is 1. The first-order valence-corrected chi connectivity index (χ1v) is 4.77. The Hall–Kier alpha value is -0.570. The summed E-state index contributed by atoms with van der Waals surface area (Å²) < 4.78 is 0. The molecule has 0 amide bonds. The quantitative estimate of drug-likeness (QED) is 0.719. The lowest BCUT2D eigenvalue weighted by molar-refractivity contribution is 0.855. The number of fused-ring (bicyclic) bond motifs is 1. The molecule has 0 aliphatic carbocycles. The molecule has 0 saturated heterocycles. The van der Waals surface area contributed by atoms with Gasteiger partial charge in [-0.25, -0.2) is 0 Å². The smallest absolute Gasteiger partial charge is 0.0406 e. The number of nitrogens with one attached hydrogen (secondary N) is 1. The van der Waals surface area contributed by atoms with E-state index in [1.165, 1.54) is 11.3 Å². The highest BCUT2D eigenvalue weighted by Gasteiger charge is 2.18. The Labute approximate surface area is 74.2 Å². The number of nitrogens with zero attached hydrogens (tertiary/aromatic N) is 1. The Morgan fingerprint density at radius 3 is 3.36 bits per heavy atom. The van der Waals surface area contributed by atoms with Gasteiger partial charge in [0.25, 0.3) is 0 Å². The molecular formula is C8H9BrN2. The summed E-state index contributed by atoms with van der Waals surface area (Å²) in [7, 11) is 0. The molecule has 1 aromatic rings. The number of anilines is 1. The Bertz CT molecular complexity index is 237. The van der Waals surface area contributed by atoms with Gasteiger partial charge in [0.05, 0.1) is 0 Å². The standard InChI is InChI=1S/C8H9BrN2/c9-4-7-3-6-5-10-2-1-8(6)11-7/h1-2,5,7,11H,3-4H2. The molecule has 1 aromatic heterocycles. The highest BCUT2D eigenvalue weighted by molar-refractivity contribution is 9.09. The molecule has 1 atom stereocenters. The fourth-order valence-corrected chi connectivity index (χ4v) is 1.75. The van der Waals surface area contributed by atoms with E-state index in [4.69, 9.17) is 0 Å². The lowest BCUT2D eigenvalue weighted by Gasteiger charge is -2.04. The van der Waals surface area contributed by atoms with E-state index in [0.29, 0.717) is 6.04 Å². The molecule has 2 heterocycles. The van der Waals surface area contributed by atoms with E-state index in [-0.39, 0.29) is 0 Å². The summed E-state index contributed by atoms with van der Waals surface area (Å²) in [5.74, 6) is 0. The molecule has 1 aliphatic heterocycles. The third kappa shape index (κ3) is 1.25. The zero-order valence-corrected chi connectivity index (χ0v) is 7.63. The molecule has 3 heteroatoms. The van der Waals surface area contributed by atoms with Crippen LogP contribution in [0.4, 0.5) is 5.69 Å². The molecule has 0 bridgehead atoms. The van der Waals surface area contributed by atoms with E-state index in [2.05, 4.69) is 26.2 Å². The van der Waals surface area contributed by atoms with Gasteiger partial charge in [0.1, 0.15) is 0 Å². The van der Waals surface area contributed by atoms with Gasteiger partial charge in [-0.3, -0.25) is 4.98 Å². The number of aromatic nitrogens is 1. The molecule has 1 aliphatic rings. The summed E-state index contributed by atoms with van der Waals surface area (Å²) in [5.41, 5.74) is 2.57. The number of hydrogen-bond acceptors (Lipinski definition) is 2. The van der Waals surface area contributed by atoms with Crippen LogP contribution in [0.2, 0.25) is 0 Å². The second kappa shape index (κ2) is 2.81. The third-order valence-corrected chi connectivity index (χ3v) is 2.70. The van der Waals surface area contributed by atoms with Crippen LogP contribution in [0.3, 0.4) is 0 Å². The second-order valence-electron chi connectivity index (χ2n) is 2.73. The molecule has 0 aromatic carbocycles. The molecule has 1 unspecified atom stereocenters. The van der Waals surface area contributed by atoms with Crippen molar-refractivity contribution in [2.45, 2.75) is 12.5 Å². The topological polar surface area (TPSA) is 24.9 Å². The molecule has 1 N–H and O–H groups in total. The van der Waals surface area contributed by atoms with Crippen LogP contribution < -0.4 is 5.32 Å². The van der Waals surface area contributed by atoms with Crippen LogP contribution in [0.15, 0.2) is 18.5 Å². The summed E-state index contributed by atoms with van der Waals surface area (Å²) in [4.78, 5) is 4.07. The highest BCUT2D eigenvalue weighted by Crippen LogP contribution is 2.24. The minimum Gasteiger partial charge on any atom is -0.381 e. The first-order valence-electron chi connectivity index (χ1n) is 3.65. The van der Waals surface area contributed by atoms with E-state index in [1.54, 1.807) is 0 Å². The Morgan fingerprint density at radius 1 is 1.73 bits per heavy atom. The van der Waals surface area contributed by atoms with E-state index in [0.717, 1.165) is 11.8 Å². The predicted molar refractivity (Wildman–Crippen MR) is 49.1 cm³/mol. The lowest BCUT2D eigenvalue weighted by atomic mass is 10.2. The van der Waals surface area contributed by atoms with Crippen LogP contribution in [0.5, 0.6) is 0 Å². The zero-order valence-electron chi connectivity index (χ0n) is 6.05. The molecular weight excluding hydrogens is 204 g/mol. The second-order valence-corrected chi connectivity index (χ2v) is 3.38. The Morgan fingerprint density at radius 2 is 2.64 bits per heavy atom. The van der Waals surface area contributed by atoms with Crippen LogP contribution in [0.1, 0.15) is 5.56 Å². The summed E-state index contributed by atoms with van der Waals surface area (Å²) in [5, 5.41) is 4.40. The van der Waals surface area contributed by atoms with E-state index in [9.17, 15) is 0 Å². The van der Waals surface area contributed by atoms with Gasteiger partial charge >= 0.3 is 0 Å². The van der Waals surface area contributed by atoms with Crippen LogP contribution >= 0.6 is 15.9 Å². The van der Waals surface area contributed by atoms with Crippen molar-refractivity contribution in [2.24, 2.45) is 0 Å². The third-order valence-electron chi connectivity index (χ3n) is 1.92. The zero-order chi connectivity index (χ0) is 7.68. The largest absolute Gasteiger partial charge is 0.381 e. The van der Waals surface area contributed by atoms with E-state index < -0.39 is 0 Å². The van der Waals surface area contributed by atoms with Gasteiger partial charge in [0, 0.05) is 29.5 Å². The van der Waals surface area contributed by atoms with Crippen molar-refractivity contribution in [3.63, 3.8) is 0 Å². The number of rotatable bonds is 1. The molecule has 0 saturated carbocycles. The molecule has 2 rings (SSSR count). The molecule has 0 spiro atoms. The maximum absolute atomic E-state index is 4.07. The minimum absolute atomic E-state index is 0.550. The summed E-state index contributed by atoms with van der Waals surface area (Å²) in [6, 6.07) is 2.58. The number of alkyl halides is 1. The first-order chi connectivity index (χ1) is 5.40. The van der Waals surface area contributed by atoms with Gasteiger partial charge in [-0.15, -0.1) is 0 Å². The summed E-state index contributed by atoms with van der Waals surface area (Å²) in [6.45, 7) is 0. The van der Waals surface area contributed by atoms with Gasteiger partial charge in [0.15, 0.2) is 0 Å². The predicted octanol–water partition coefficient (Wildman–Crippen LogP) is 1.81. The van der Waals surface area contributed by atoms with Crippen molar-refractivity contribution in [1.82, 2.24) is 4.98 Å². The lowest BCUT2D eigenvalue weighted by Crippen LogP contribution is -2.16. The maximum atomic E-state index is 4.07.